The van der Waals surface area contributed by atoms with Crippen LogP contribution >= 0.6 is 0 Å². The summed E-state index contributed by atoms with van der Waals surface area (Å²) in [4.78, 5) is 17.8. The van der Waals surface area contributed by atoms with Gasteiger partial charge in [-0.25, -0.2) is 19.9 Å². The average Bonchev–Trinajstić information content (AvgIpc) is 3.45. The molecule has 0 spiro atoms. The first-order valence-electron chi connectivity index (χ1n) is 9.45. The van der Waals surface area contributed by atoms with Crippen LogP contribution in [0.25, 0.3) is 33.5 Å². The van der Waals surface area contributed by atoms with Gasteiger partial charge in [-0.2, -0.15) is 5.10 Å². The van der Waals surface area contributed by atoms with E-state index in [9.17, 15) is 0 Å². The number of aromatic nitrogens is 7. The van der Waals surface area contributed by atoms with E-state index >= 15 is 0 Å². The summed E-state index contributed by atoms with van der Waals surface area (Å²) in [7, 11) is 0. The Bertz CT molecular complexity index is 1230. The summed E-state index contributed by atoms with van der Waals surface area (Å²) in [6.07, 6.45) is 10.7. The van der Waals surface area contributed by atoms with E-state index in [-0.39, 0.29) is 6.04 Å². The van der Waals surface area contributed by atoms with E-state index < -0.39 is 0 Å². The van der Waals surface area contributed by atoms with Gasteiger partial charge in [-0.1, -0.05) is 42.5 Å². The molecule has 0 saturated carbocycles. The molecule has 0 bridgehead atoms. The molecule has 0 aliphatic rings. The van der Waals surface area contributed by atoms with Crippen molar-refractivity contribution >= 4 is 10.8 Å². The van der Waals surface area contributed by atoms with E-state index in [0.717, 1.165) is 22.3 Å². The van der Waals surface area contributed by atoms with Gasteiger partial charge in [0.15, 0.2) is 5.82 Å². The maximum atomic E-state index is 4.64. The predicted octanol–water partition coefficient (Wildman–Crippen LogP) is 4.01. The second-order valence-corrected chi connectivity index (χ2v) is 6.95. The zero-order chi connectivity index (χ0) is 19.6. The highest BCUT2D eigenvalue weighted by Gasteiger charge is 2.14. The number of hydrogen-bond donors (Lipinski definition) is 0. The quantitative estimate of drug-likeness (QED) is 0.460. The van der Waals surface area contributed by atoms with Crippen LogP contribution in [-0.2, 0) is 6.54 Å². The molecule has 0 amide bonds. The number of imidazole rings is 1. The molecule has 3 heterocycles. The highest BCUT2D eigenvalue weighted by molar-refractivity contribution is 5.95. The van der Waals surface area contributed by atoms with Crippen LogP contribution in [0.2, 0.25) is 0 Å². The zero-order valence-corrected chi connectivity index (χ0v) is 15.9. The normalized spacial score (nSPS) is 12.3. The molecular formula is C22H19N7. The molecule has 0 N–H and O–H groups in total. The lowest BCUT2D eigenvalue weighted by Gasteiger charge is -2.16. The molecule has 29 heavy (non-hydrogen) atoms. The van der Waals surface area contributed by atoms with E-state index in [0.29, 0.717) is 12.4 Å². The van der Waals surface area contributed by atoms with Crippen LogP contribution in [0.5, 0.6) is 0 Å². The fourth-order valence-corrected chi connectivity index (χ4v) is 3.58. The first kappa shape index (κ1) is 17.2. The third kappa shape index (κ3) is 3.27. The van der Waals surface area contributed by atoms with Gasteiger partial charge < -0.3 is 4.57 Å². The van der Waals surface area contributed by atoms with E-state index in [1.165, 1.54) is 5.39 Å². The Labute approximate surface area is 167 Å². The molecule has 0 fully saturated rings. The average molecular weight is 381 g/mol. The third-order valence-corrected chi connectivity index (χ3v) is 5.00. The van der Waals surface area contributed by atoms with Crippen LogP contribution in [0.3, 0.4) is 0 Å². The molecule has 5 aromatic rings. The van der Waals surface area contributed by atoms with Crippen molar-refractivity contribution in [3.05, 3.63) is 79.9 Å². The minimum atomic E-state index is 0.159. The van der Waals surface area contributed by atoms with Crippen molar-refractivity contribution in [2.24, 2.45) is 0 Å². The van der Waals surface area contributed by atoms with Crippen LogP contribution in [-0.4, -0.2) is 34.3 Å². The summed E-state index contributed by atoms with van der Waals surface area (Å²) in [5.41, 5.74) is 1.90. The highest BCUT2D eigenvalue weighted by atomic mass is 15.3. The SMILES string of the molecule is CC(Cn1cncn1)n1ccnc1-c1cnc(-c2cccc3ccccc23)nc1. The zero-order valence-electron chi connectivity index (χ0n) is 15.9. The summed E-state index contributed by atoms with van der Waals surface area (Å²) < 4.78 is 3.92. The summed E-state index contributed by atoms with van der Waals surface area (Å²) in [5.74, 6) is 1.54. The predicted molar refractivity (Wildman–Crippen MR) is 111 cm³/mol. The Hall–Kier alpha value is -3.87. The number of fused-ring (bicyclic) bond motifs is 1. The van der Waals surface area contributed by atoms with Gasteiger partial charge in [-0.15, -0.1) is 0 Å². The summed E-state index contributed by atoms with van der Waals surface area (Å²) in [6, 6.07) is 14.6. The molecule has 7 nitrogen and oxygen atoms in total. The molecule has 0 saturated heterocycles. The Morgan fingerprint density at radius 3 is 2.62 bits per heavy atom. The topological polar surface area (TPSA) is 74.3 Å². The highest BCUT2D eigenvalue weighted by Crippen LogP contribution is 2.27. The molecule has 142 valence electrons. The van der Waals surface area contributed by atoms with Gasteiger partial charge in [0.2, 0.25) is 0 Å². The van der Waals surface area contributed by atoms with Gasteiger partial charge in [-0.05, 0) is 17.7 Å². The number of nitrogens with zero attached hydrogens (tertiary/aromatic N) is 7. The smallest absolute Gasteiger partial charge is 0.159 e. The fraction of sp³-hybridized carbons (Fsp3) is 0.136. The standard InChI is InChI=1S/C22H19N7/c1-16(13-28-15-23-14-27-28)29-10-9-24-22(29)18-11-25-21(26-12-18)20-8-4-6-17-5-2-3-7-19(17)20/h2-12,14-16H,13H2,1H3. The van der Waals surface area contributed by atoms with Crippen LogP contribution in [0.15, 0.2) is 79.9 Å². The Balaban J connectivity index is 1.46. The van der Waals surface area contributed by atoms with Gasteiger partial charge in [-0.3, -0.25) is 4.68 Å². The lowest BCUT2D eigenvalue weighted by atomic mass is 10.0. The minimum absolute atomic E-state index is 0.159. The molecule has 3 aromatic heterocycles. The molecule has 1 atom stereocenters. The fourth-order valence-electron chi connectivity index (χ4n) is 3.58. The van der Waals surface area contributed by atoms with Gasteiger partial charge in [0.05, 0.1) is 18.2 Å². The Kier molecular flexibility index (Phi) is 4.32. The largest absolute Gasteiger partial charge is 0.326 e. The molecule has 0 radical (unpaired) electrons. The molecular weight excluding hydrogens is 362 g/mol. The second kappa shape index (κ2) is 7.27. The Morgan fingerprint density at radius 2 is 1.79 bits per heavy atom. The first-order valence-corrected chi connectivity index (χ1v) is 9.45. The van der Waals surface area contributed by atoms with Crippen LogP contribution in [0, 0.1) is 0 Å². The summed E-state index contributed by atoms with van der Waals surface area (Å²) in [5, 5.41) is 6.51. The van der Waals surface area contributed by atoms with Crippen LogP contribution < -0.4 is 0 Å². The van der Waals surface area contributed by atoms with Crippen molar-refractivity contribution in [3.8, 4) is 22.8 Å². The lowest BCUT2D eigenvalue weighted by molar-refractivity contribution is 0.439. The lowest BCUT2D eigenvalue weighted by Crippen LogP contribution is -2.14. The van der Waals surface area contributed by atoms with Crippen molar-refractivity contribution in [2.45, 2.75) is 19.5 Å². The molecule has 1 unspecified atom stereocenters. The minimum Gasteiger partial charge on any atom is -0.326 e. The summed E-state index contributed by atoms with van der Waals surface area (Å²) in [6.45, 7) is 2.83. The van der Waals surface area contributed by atoms with Crippen molar-refractivity contribution in [1.29, 1.82) is 0 Å². The van der Waals surface area contributed by atoms with Crippen molar-refractivity contribution < 1.29 is 0 Å². The van der Waals surface area contributed by atoms with Gasteiger partial charge in [0, 0.05) is 30.4 Å². The van der Waals surface area contributed by atoms with Gasteiger partial charge in [0.1, 0.15) is 18.5 Å². The maximum Gasteiger partial charge on any atom is 0.159 e. The second-order valence-electron chi connectivity index (χ2n) is 6.95. The number of hydrogen-bond acceptors (Lipinski definition) is 5. The van der Waals surface area contributed by atoms with Gasteiger partial charge >= 0.3 is 0 Å². The molecule has 7 heteroatoms. The molecule has 0 aliphatic heterocycles. The van der Waals surface area contributed by atoms with Crippen molar-refractivity contribution in [1.82, 2.24) is 34.3 Å². The summed E-state index contributed by atoms with van der Waals surface area (Å²) >= 11 is 0. The van der Waals surface area contributed by atoms with Crippen molar-refractivity contribution in [3.63, 3.8) is 0 Å². The first-order chi connectivity index (χ1) is 14.3. The maximum absolute atomic E-state index is 4.64. The van der Waals surface area contributed by atoms with E-state index in [1.807, 2.05) is 41.5 Å². The number of rotatable bonds is 5. The molecule has 5 rings (SSSR count). The van der Waals surface area contributed by atoms with Crippen molar-refractivity contribution in [2.75, 3.05) is 0 Å². The molecule has 2 aromatic carbocycles. The number of benzene rings is 2. The van der Waals surface area contributed by atoms with E-state index in [2.05, 4.69) is 60.8 Å². The third-order valence-electron chi connectivity index (χ3n) is 5.00. The van der Waals surface area contributed by atoms with Crippen LogP contribution in [0.1, 0.15) is 13.0 Å². The van der Waals surface area contributed by atoms with Crippen LogP contribution in [0.4, 0.5) is 0 Å². The monoisotopic (exact) mass is 381 g/mol. The van der Waals surface area contributed by atoms with E-state index in [1.54, 1.807) is 18.9 Å². The Morgan fingerprint density at radius 1 is 0.966 bits per heavy atom. The van der Waals surface area contributed by atoms with Gasteiger partial charge in [0.25, 0.3) is 0 Å². The molecule has 0 aliphatic carbocycles. The van der Waals surface area contributed by atoms with E-state index in [4.69, 9.17) is 0 Å².